The molecule has 1 fully saturated rings. The summed E-state index contributed by atoms with van der Waals surface area (Å²) in [5.74, 6) is -0.218. The molecular weight excluding hydrogens is 433 g/mol. The van der Waals surface area contributed by atoms with Crippen LogP contribution in [0.5, 0.6) is 5.75 Å². The lowest BCUT2D eigenvalue weighted by molar-refractivity contribution is -0.138. The number of ether oxygens (including phenoxy) is 1. The van der Waals surface area contributed by atoms with Crippen LogP contribution in [0.2, 0.25) is 0 Å². The van der Waals surface area contributed by atoms with Gasteiger partial charge >= 0.3 is 6.18 Å². The number of rotatable bonds is 5. The van der Waals surface area contributed by atoms with Crippen LogP contribution < -0.4 is 10.1 Å². The van der Waals surface area contributed by atoms with Crippen molar-refractivity contribution in [2.45, 2.75) is 32.1 Å². The molecular formula is C23H25F3N6O. The number of piperazine rings is 1. The van der Waals surface area contributed by atoms with Gasteiger partial charge in [0.2, 0.25) is 0 Å². The first-order valence-electron chi connectivity index (χ1n) is 10.7. The number of pyridine rings is 1. The molecule has 33 heavy (non-hydrogen) atoms. The van der Waals surface area contributed by atoms with Gasteiger partial charge in [-0.3, -0.25) is 4.90 Å². The molecule has 4 rings (SSSR count). The minimum absolute atomic E-state index is 0.0662. The number of nitriles is 1. The van der Waals surface area contributed by atoms with Crippen molar-refractivity contribution in [3.8, 4) is 23.1 Å². The van der Waals surface area contributed by atoms with E-state index in [1.54, 1.807) is 17.7 Å². The molecule has 1 aliphatic rings. The summed E-state index contributed by atoms with van der Waals surface area (Å²) in [6.45, 7) is 6.50. The SMILES string of the molecule is C[C@@H]1CN(CCOc2ccc(-c3cc4c(ncn4C)c(C#N)n3)cc2C(F)(F)F)C[C@H](C)N1. The van der Waals surface area contributed by atoms with Gasteiger partial charge < -0.3 is 14.6 Å². The van der Waals surface area contributed by atoms with Gasteiger partial charge in [0, 0.05) is 44.3 Å². The Labute approximate surface area is 189 Å². The van der Waals surface area contributed by atoms with E-state index < -0.39 is 11.7 Å². The Hall–Kier alpha value is -3.16. The van der Waals surface area contributed by atoms with Crippen molar-refractivity contribution in [3.63, 3.8) is 0 Å². The second-order valence-corrected chi connectivity index (χ2v) is 8.48. The molecule has 0 unspecified atom stereocenters. The minimum atomic E-state index is -4.60. The smallest absolute Gasteiger partial charge is 0.419 e. The highest BCUT2D eigenvalue weighted by atomic mass is 19.4. The van der Waals surface area contributed by atoms with Crippen LogP contribution >= 0.6 is 0 Å². The first kappa shape index (κ1) is 23.0. The highest BCUT2D eigenvalue weighted by Crippen LogP contribution is 2.39. The van der Waals surface area contributed by atoms with Gasteiger partial charge in [0.1, 0.15) is 23.9 Å². The van der Waals surface area contributed by atoms with Crippen LogP contribution in [0.15, 0.2) is 30.6 Å². The quantitative estimate of drug-likeness (QED) is 0.630. The van der Waals surface area contributed by atoms with E-state index in [1.807, 2.05) is 6.07 Å². The summed E-state index contributed by atoms with van der Waals surface area (Å²) in [4.78, 5) is 10.6. The minimum Gasteiger partial charge on any atom is -0.492 e. The van der Waals surface area contributed by atoms with Crippen LogP contribution in [0, 0.1) is 11.3 Å². The predicted molar refractivity (Wildman–Crippen MR) is 118 cm³/mol. The summed E-state index contributed by atoms with van der Waals surface area (Å²) in [5.41, 5.74) is 0.743. The lowest BCUT2D eigenvalue weighted by atomic mass is 10.1. The Morgan fingerprint density at radius 3 is 2.61 bits per heavy atom. The van der Waals surface area contributed by atoms with Crippen LogP contribution in [-0.4, -0.2) is 57.8 Å². The number of benzene rings is 1. The zero-order chi connectivity index (χ0) is 23.8. The molecule has 0 aliphatic carbocycles. The predicted octanol–water partition coefficient (Wildman–Crippen LogP) is 3.59. The van der Waals surface area contributed by atoms with Gasteiger partial charge in [-0.15, -0.1) is 0 Å². The largest absolute Gasteiger partial charge is 0.492 e. The van der Waals surface area contributed by atoms with Crippen molar-refractivity contribution in [1.82, 2.24) is 24.8 Å². The van der Waals surface area contributed by atoms with Gasteiger partial charge in [-0.1, -0.05) is 0 Å². The third kappa shape index (κ3) is 4.94. The Bertz CT molecular complexity index is 1190. The summed E-state index contributed by atoms with van der Waals surface area (Å²) in [6.07, 6.45) is -3.06. The van der Waals surface area contributed by atoms with E-state index in [1.165, 1.54) is 18.5 Å². The third-order valence-electron chi connectivity index (χ3n) is 5.70. The first-order chi connectivity index (χ1) is 15.7. The molecule has 1 aromatic carbocycles. The standard InChI is InChI=1S/C23H25F3N6O/c1-14-11-32(12-15(2)29-14)6-7-33-21-5-4-16(8-17(21)23(24,25)26)18-9-20-22(19(10-27)30-18)28-13-31(20)3/h4-5,8-9,13-15,29H,6-7,11-12H2,1-3H3/t14-,15+. The highest BCUT2D eigenvalue weighted by molar-refractivity contribution is 5.84. The van der Waals surface area contributed by atoms with Gasteiger partial charge in [-0.2, -0.15) is 18.4 Å². The van der Waals surface area contributed by atoms with Crippen molar-refractivity contribution in [1.29, 1.82) is 5.26 Å². The van der Waals surface area contributed by atoms with E-state index >= 15 is 0 Å². The second kappa shape index (κ2) is 9.00. The first-order valence-corrected chi connectivity index (χ1v) is 10.7. The number of imidazole rings is 1. The van der Waals surface area contributed by atoms with Gasteiger partial charge in [-0.05, 0) is 38.1 Å². The lowest BCUT2D eigenvalue weighted by Crippen LogP contribution is -2.54. The van der Waals surface area contributed by atoms with Crippen molar-refractivity contribution in [2.24, 2.45) is 7.05 Å². The number of halogens is 3. The third-order valence-corrected chi connectivity index (χ3v) is 5.70. The Morgan fingerprint density at radius 2 is 1.94 bits per heavy atom. The number of hydrogen-bond acceptors (Lipinski definition) is 6. The Balaban J connectivity index is 1.59. The molecule has 2 atom stereocenters. The molecule has 3 heterocycles. The van der Waals surface area contributed by atoms with E-state index in [-0.39, 0.29) is 29.3 Å². The molecule has 2 aromatic heterocycles. The van der Waals surface area contributed by atoms with Crippen LogP contribution in [0.25, 0.3) is 22.3 Å². The maximum atomic E-state index is 13.9. The Morgan fingerprint density at radius 1 is 1.21 bits per heavy atom. The van der Waals surface area contributed by atoms with E-state index in [0.29, 0.717) is 29.7 Å². The van der Waals surface area contributed by atoms with Gasteiger partial charge in [0.05, 0.1) is 23.1 Å². The molecule has 0 saturated carbocycles. The normalized spacial score (nSPS) is 19.5. The average Bonchev–Trinajstić information content (AvgIpc) is 3.13. The van der Waals surface area contributed by atoms with E-state index in [0.717, 1.165) is 19.2 Å². The summed E-state index contributed by atoms with van der Waals surface area (Å²) in [7, 11) is 1.75. The molecule has 10 heteroatoms. The second-order valence-electron chi connectivity index (χ2n) is 8.48. The topological polar surface area (TPSA) is 79.0 Å². The number of aryl methyl sites for hydroxylation is 1. The number of nitrogens with zero attached hydrogens (tertiary/aromatic N) is 5. The molecule has 7 nitrogen and oxygen atoms in total. The molecule has 1 aliphatic heterocycles. The number of nitrogens with one attached hydrogen (secondary N) is 1. The van der Waals surface area contributed by atoms with Crippen molar-refractivity contribution < 1.29 is 17.9 Å². The van der Waals surface area contributed by atoms with E-state index in [2.05, 4.69) is 34.0 Å². The summed E-state index contributed by atoms with van der Waals surface area (Å²) < 4.78 is 48.8. The summed E-state index contributed by atoms with van der Waals surface area (Å²) in [5, 5.41) is 12.8. The van der Waals surface area contributed by atoms with Crippen LogP contribution in [-0.2, 0) is 13.2 Å². The number of hydrogen-bond donors (Lipinski definition) is 1. The fourth-order valence-electron chi connectivity index (χ4n) is 4.30. The average molecular weight is 458 g/mol. The Kier molecular flexibility index (Phi) is 6.28. The fraction of sp³-hybridized carbons (Fsp3) is 0.435. The highest BCUT2D eigenvalue weighted by Gasteiger charge is 2.35. The zero-order valence-electron chi connectivity index (χ0n) is 18.6. The summed E-state index contributed by atoms with van der Waals surface area (Å²) >= 11 is 0. The van der Waals surface area contributed by atoms with Crippen molar-refractivity contribution in [3.05, 3.63) is 41.9 Å². The maximum Gasteiger partial charge on any atom is 0.419 e. The molecule has 0 bridgehead atoms. The molecule has 3 aromatic rings. The number of fused-ring (bicyclic) bond motifs is 1. The van der Waals surface area contributed by atoms with Crippen LogP contribution in [0.3, 0.4) is 0 Å². The van der Waals surface area contributed by atoms with Crippen molar-refractivity contribution in [2.75, 3.05) is 26.2 Å². The monoisotopic (exact) mass is 458 g/mol. The fourth-order valence-corrected chi connectivity index (χ4v) is 4.30. The molecule has 0 radical (unpaired) electrons. The molecule has 0 amide bonds. The number of alkyl halides is 3. The molecule has 0 spiro atoms. The van der Waals surface area contributed by atoms with E-state index in [4.69, 9.17) is 4.74 Å². The maximum absolute atomic E-state index is 13.9. The number of aromatic nitrogens is 3. The van der Waals surface area contributed by atoms with Gasteiger partial charge in [0.25, 0.3) is 0 Å². The van der Waals surface area contributed by atoms with Gasteiger partial charge in [-0.25, -0.2) is 9.97 Å². The molecule has 1 N–H and O–H groups in total. The lowest BCUT2D eigenvalue weighted by Gasteiger charge is -2.36. The zero-order valence-corrected chi connectivity index (χ0v) is 18.6. The molecule has 1 saturated heterocycles. The summed E-state index contributed by atoms with van der Waals surface area (Å²) in [6, 6.07) is 8.12. The van der Waals surface area contributed by atoms with Crippen LogP contribution in [0.4, 0.5) is 13.2 Å². The van der Waals surface area contributed by atoms with Gasteiger partial charge in [0.15, 0.2) is 5.69 Å². The van der Waals surface area contributed by atoms with Crippen LogP contribution in [0.1, 0.15) is 25.1 Å². The van der Waals surface area contributed by atoms with E-state index in [9.17, 15) is 18.4 Å². The molecule has 174 valence electrons. The van der Waals surface area contributed by atoms with Crippen molar-refractivity contribution >= 4 is 11.0 Å².